The predicted octanol–water partition coefficient (Wildman–Crippen LogP) is 2.90. The van der Waals surface area contributed by atoms with Gasteiger partial charge in [0.1, 0.15) is 6.61 Å². The van der Waals surface area contributed by atoms with Crippen LogP contribution in [0.4, 0.5) is 0 Å². The summed E-state index contributed by atoms with van der Waals surface area (Å²) in [5, 5.41) is 11.7. The first-order valence-corrected chi connectivity index (χ1v) is 7.69. The maximum atomic E-state index is 11.7. The number of hydrogen-bond donors (Lipinski definition) is 2. The van der Waals surface area contributed by atoms with Crippen LogP contribution in [0.15, 0.2) is 28.7 Å². The Labute approximate surface area is 132 Å². The normalized spacial score (nSPS) is 11.9. The molecule has 0 spiro atoms. The molecule has 116 valence electrons. The van der Waals surface area contributed by atoms with Crippen molar-refractivity contribution in [2.45, 2.75) is 32.2 Å². The molecule has 0 aromatic heterocycles. The average molecular weight is 358 g/mol. The fourth-order valence-corrected chi connectivity index (χ4v) is 2.03. The first-order chi connectivity index (χ1) is 10.0. The lowest BCUT2D eigenvalue weighted by Gasteiger charge is -2.15. The van der Waals surface area contributed by atoms with Crippen LogP contribution in [0.1, 0.15) is 37.8 Å². The third-order valence-corrected chi connectivity index (χ3v) is 3.41. The second-order valence-electron chi connectivity index (χ2n) is 4.65. The number of hydrogen-bond acceptors (Lipinski definition) is 3. The molecular formula is C15H20BrNO4. The third kappa shape index (κ3) is 6.73. The monoisotopic (exact) mass is 357 g/mol. The number of carboxylic acid groups (broad SMARTS) is 1. The van der Waals surface area contributed by atoms with E-state index in [1.54, 1.807) is 24.3 Å². The van der Waals surface area contributed by atoms with Crippen LogP contribution in [0.3, 0.4) is 0 Å². The van der Waals surface area contributed by atoms with Gasteiger partial charge in [-0.1, -0.05) is 47.8 Å². The fraction of sp³-hybridized carbons (Fsp3) is 0.467. The molecule has 1 rings (SSSR count). The van der Waals surface area contributed by atoms with Crippen LogP contribution in [0.5, 0.6) is 0 Å². The number of unbranched alkanes of at least 4 members (excludes halogenated alkanes) is 2. The van der Waals surface area contributed by atoms with Crippen LogP contribution in [-0.2, 0) is 14.3 Å². The van der Waals surface area contributed by atoms with Crippen molar-refractivity contribution in [1.29, 1.82) is 0 Å². The third-order valence-electron chi connectivity index (χ3n) is 2.88. The molecule has 0 fully saturated rings. The Morgan fingerprint density at radius 1 is 1.29 bits per heavy atom. The summed E-state index contributed by atoms with van der Waals surface area (Å²) in [4.78, 5) is 23.0. The van der Waals surface area contributed by atoms with E-state index in [0.717, 1.165) is 23.7 Å². The van der Waals surface area contributed by atoms with E-state index in [1.807, 2.05) is 0 Å². The number of halogens is 1. The second kappa shape index (κ2) is 9.52. The Bertz CT molecular complexity index is 461. The molecular weight excluding hydrogens is 338 g/mol. The quantitative estimate of drug-likeness (QED) is 0.666. The van der Waals surface area contributed by atoms with E-state index in [9.17, 15) is 14.7 Å². The molecule has 6 heteroatoms. The highest BCUT2D eigenvalue weighted by atomic mass is 79.9. The van der Waals surface area contributed by atoms with Gasteiger partial charge >= 0.3 is 5.97 Å². The van der Waals surface area contributed by atoms with E-state index in [1.165, 1.54) is 0 Å². The van der Waals surface area contributed by atoms with E-state index >= 15 is 0 Å². The molecule has 0 bridgehead atoms. The second-order valence-corrected chi connectivity index (χ2v) is 5.57. The fourth-order valence-electron chi connectivity index (χ4n) is 1.76. The molecule has 0 aliphatic carbocycles. The van der Waals surface area contributed by atoms with E-state index in [4.69, 9.17) is 4.74 Å². The van der Waals surface area contributed by atoms with Crippen LogP contribution in [-0.4, -0.2) is 30.2 Å². The molecule has 2 N–H and O–H groups in total. The molecule has 1 amide bonds. The van der Waals surface area contributed by atoms with Crippen molar-refractivity contribution in [2.75, 3.05) is 13.2 Å². The molecule has 0 aliphatic heterocycles. The van der Waals surface area contributed by atoms with Gasteiger partial charge in [0.2, 0.25) is 5.91 Å². The van der Waals surface area contributed by atoms with Crippen molar-refractivity contribution in [2.24, 2.45) is 0 Å². The minimum atomic E-state index is -1.10. The molecule has 0 aliphatic rings. The number of benzene rings is 1. The minimum absolute atomic E-state index is 0.121. The summed E-state index contributed by atoms with van der Waals surface area (Å²) in [6.45, 7) is 2.48. The van der Waals surface area contributed by atoms with Gasteiger partial charge in [0.15, 0.2) is 6.04 Å². The Kier molecular flexibility index (Phi) is 8.00. The zero-order chi connectivity index (χ0) is 15.7. The van der Waals surface area contributed by atoms with Crippen LogP contribution in [0, 0.1) is 0 Å². The molecule has 0 radical (unpaired) electrons. The number of carbonyl (C=O) groups is 2. The Morgan fingerprint density at radius 2 is 1.95 bits per heavy atom. The molecule has 1 unspecified atom stereocenters. The summed E-state index contributed by atoms with van der Waals surface area (Å²) in [5.41, 5.74) is 0.519. The maximum Gasteiger partial charge on any atom is 0.330 e. The minimum Gasteiger partial charge on any atom is -0.479 e. The molecule has 21 heavy (non-hydrogen) atoms. The zero-order valence-electron chi connectivity index (χ0n) is 12.0. The lowest BCUT2D eigenvalue weighted by molar-refractivity contribution is -0.142. The number of ether oxygens (including phenoxy) is 1. The molecule has 0 saturated carbocycles. The van der Waals surface area contributed by atoms with Crippen LogP contribution in [0.2, 0.25) is 0 Å². The number of carboxylic acids is 1. The van der Waals surface area contributed by atoms with Gasteiger partial charge in [-0.3, -0.25) is 4.79 Å². The average Bonchev–Trinajstić information content (AvgIpc) is 2.45. The molecule has 1 aromatic carbocycles. The smallest absolute Gasteiger partial charge is 0.330 e. The number of aliphatic carboxylic acids is 1. The van der Waals surface area contributed by atoms with Gasteiger partial charge in [-0.15, -0.1) is 0 Å². The summed E-state index contributed by atoms with van der Waals surface area (Å²) >= 11 is 3.28. The zero-order valence-corrected chi connectivity index (χ0v) is 13.6. The van der Waals surface area contributed by atoms with Gasteiger partial charge < -0.3 is 15.2 Å². The largest absolute Gasteiger partial charge is 0.479 e. The van der Waals surface area contributed by atoms with Gasteiger partial charge in [0.05, 0.1) is 0 Å². The summed E-state index contributed by atoms with van der Waals surface area (Å²) in [5.74, 6) is -1.53. The van der Waals surface area contributed by atoms with Crippen LogP contribution in [0.25, 0.3) is 0 Å². The molecule has 1 atom stereocenters. The summed E-state index contributed by atoms with van der Waals surface area (Å²) < 4.78 is 6.07. The van der Waals surface area contributed by atoms with Crippen molar-refractivity contribution < 1.29 is 19.4 Å². The Morgan fingerprint density at radius 3 is 2.52 bits per heavy atom. The van der Waals surface area contributed by atoms with Gasteiger partial charge in [0, 0.05) is 11.1 Å². The van der Waals surface area contributed by atoms with E-state index < -0.39 is 17.9 Å². The molecule has 1 aromatic rings. The predicted molar refractivity (Wildman–Crippen MR) is 83.0 cm³/mol. The summed E-state index contributed by atoms with van der Waals surface area (Å²) in [7, 11) is 0. The lowest BCUT2D eigenvalue weighted by atomic mass is 10.1. The van der Waals surface area contributed by atoms with Crippen LogP contribution < -0.4 is 5.32 Å². The van der Waals surface area contributed by atoms with Gasteiger partial charge in [-0.2, -0.15) is 0 Å². The highest BCUT2D eigenvalue weighted by molar-refractivity contribution is 9.10. The molecule has 0 saturated heterocycles. The van der Waals surface area contributed by atoms with E-state index in [0.29, 0.717) is 12.2 Å². The Hall–Kier alpha value is -1.40. The van der Waals surface area contributed by atoms with Crippen molar-refractivity contribution in [3.05, 3.63) is 34.3 Å². The number of nitrogens with one attached hydrogen (secondary N) is 1. The van der Waals surface area contributed by atoms with Crippen molar-refractivity contribution in [1.82, 2.24) is 5.32 Å². The SMILES string of the molecule is CCCCCOCC(=O)NC(C(=O)O)c1ccc(Br)cc1. The molecule has 5 nitrogen and oxygen atoms in total. The van der Waals surface area contributed by atoms with E-state index in [-0.39, 0.29) is 6.61 Å². The van der Waals surface area contributed by atoms with Gasteiger partial charge in [-0.25, -0.2) is 4.79 Å². The van der Waals surface area contributed by atoms with Crippen molar-refractivity contribution in [3.8, 4) is 0 Å². The first-order valence-electron chi connectivity index (χ1n) is 6.90. The highest BCUT2D eigenvalue weighted by Crippen LogP contribution is 2.17. The van der Waals surface area contributed by atoms with Crippen molar-refractivity contribution >= 4 is 27.8 Å². The topological polar surface area (TPSA) is 75.6 Å². The number of rotatable bonds is 9. The first kappa shape index (κ1) is 17.7. The highest BCUT2D eigenvalue weighted by Gasteiger charge is 2.21. The van der Waals surface area contributed by atoms with E-state index in [2.05, 4.69) is 28.2 Å². The van der Waals surface area contributed by atoms with Crippen molar-refractivity contribution in [3.63, 3.8) is 0 Å². The standard InChI is InChI=1S/C15H20BrNO4/c1-2-3-4-9-21-10-13(18)17-14(15(19)20)11-5-7-12(16)8-6-11/h5-8,14H,2-4,9-10H2,1H3,(H,17,18)(H,19,20). The number of amides is 1. The van der Waals surface area contributed by atoms with Gasteiger partial charge in [-0.05, 0) is 24.1 Å². The molecule has 0 heterocycles. The summed E-state index contributed by atoms with van der Waals surface area (Å²) in [6, 6.07) is 5.72. The van der Waals surface area contributed by atoms with Gasteiger partial charge in [0.25, 0.3) is 0 Å². The maximum absolute atomic E-state index is 11.7. The summed E-state index contributed by atoms with van der Waals surface area (Å²) in [6.07, 6.45) is 3.04. The lowest BCUT2D eigenvalue weighted by Crippen LogP contribution is -2.36. The number of carbonyl (C=O) groups excluding carboxylic acids is 1. The Balaban J connectivity index is 2.49. The van der Waals surface area contributed by atoms with Crippen LogP contribution >= 0.6 is 15.9 Å².